The van der Waals surface area contributed by atoms with Gasteiger partial charge in [0.25, 0.3) is 11.8 Å². The highest BCUT2D eigenvalue weighted by Crippen LogP contribution is 2.31. The molecule has 0 bridgehead atoms. The zero-order valence-corrected chi connectivity index (χ0v) is 17.6. The molecule has 2 heterocycles. The number of amides is 2. The van der Waals surface area contributed by atoms with Crippen LogP contribution in [0.3, 0.4) is 0 Å². The minimum Gasteiger partial charge on any atom is -0.486 e. The van der Waals surface area contributed by atoms with Gasteiger partial charge in [-0.05, 0) is 66.1 Å². The number of hydrogen-bond acceptors (Lipinski definition) is 5. The number of hydrogen-bond donors (Lipinski definition) is 2. The molecule has 2 amide bonds. The van der Waals surface area contributed by atoms with E-state index in [1.165, 1.54) is 0 Å². The fourth-order valence-electron chi connectivity index (χ4n) is 3.73. The van der Waals surface area contributed by atoms with E-state index in [1.54, 1.807) is 36.4 Å². The first kappa shape index (κ1) is 20.1. The lowest BCUT2D eigenvalue weighted by Gasteiger charge is -2.18. The van der Waals surface area contributed by atoms with E-state index in [9.17, 15) is 9.59 Å². The monoisotopic (exact) mass is 430 g/mol. The number of carbonyl (C=O) groups is 2. The van der Waals surface area contributed by atoms with Gasteiger partial charge in [-0.15, -0.1) is 0 Å². The highest BCUT2D eigenvalue weighted by molar-refractivity contribution is 6.07. The molecule has 3 aromatic carbocycles. The van der Waals surface area contributed by atoms with Crippen molar-refractivity contribution in [3.05, 3.63) is 82.4 Å². The maximum Gasteiger partial charge on any atom is 0.255 e. The molecule has 7 nitrogen and oxygen atoms in total. The molecule has 32 heavy (non-hydrogen) atoms. The molecule has 0 atom stereocenters. The first-order chi connectivity index (χ1) is 15.6. The summed E-state index contributed by atoms with van der Waals surface area (Å²) in [5.74, 6) is 0.701. The fraction of sp³-hybridized carbons (Fsp3) is 0.200. The molecular formula is C25H22N2O5. The zero-order chi connectivity index (χ0) is 22.1. The second-order valence-corrected chi connectivity index (χ2v) is 7.77. The molecule has 0 fully saturated rings. The van der Waals surface area contributed by atoms with Crippen molar-refractivity contribution in [2.75, 3.05) is 23.8 Å². The minimum atomic E-state index is -0.276. The first-order valence-corrected chi connectivity index (χ1v) is 10.4. The van der Waals surface area contributed by atoms with Gasteiger partial charge in [0.05, 0.1) is 13.2 Å². The Morgan fingerprint density at radius 3 is 2.34 bits per heavy atom. The summed E-state index contributed by atoms with van der Waals surface area (Å²) in [5.41, 5.74) is 5.27. The van der Waals surface area contributed by atoms with Crippen LogP contribution in [-0.2, 0) is 18.0 Å². The van der Waals surface area contributed by atoms with Crippen LogP contribution in [0.2, 0.25) is 0 Å². The molecule has 0 unspecified atom stereocenters. The Morgan fingerprint density at radius 2 is 1.47 bits per heavy atom. The van der Waals surface area contributed by atoms with Crippen LogP contribution in [0, 0.1) is 6.92 Å². The SMILES string of the molecule is Cc1ccc(NC(=O)c2ccc3c(c2)OCCO3)cc1NC(=O)c1ccc2c(c1)COC2. The number of rotatable bonds is 4. The van der Waals surface area contributed by atoms with Crippen molar-refractivity contribution in [2.45, 2.75) is 20.1 Å². The summed E-state index contributed by atoms with van der Waals surface area (Å²) in [7, 11) is 0. The summed E-state index contributed by atoms with van der Waals surface area (Å²) in [6, 6.07) is 16.1. The molecule has 0 spiro atoms. The van der Waals surface area contributed by atoms with E-state index in [4.69, 9.17) is 14.2 Å². The number of anilines is 2. The van der Waals surface area contributed by atoms with Gasteiger partial charge in [-0.2, -0.15) is 0 Å². The van der Waals surface area contributed by atoms with E-state index >= 15 is 0 Å². The fourth-order valence-corrected chi connectivity index (χ4v) is 3.73. The largest absolute Gasteiger partial charge is 0.486 e. The zero-order valence-electron chi connectivity index (χ0n) is 17.6. The van der Waals surface area contributed by atoms with Gasteiger partial charge in [0.2, 0.25) is 0 Å². The maximum absolute atomic E-state index is 12.8. The molecule has 7 heteroatoms. The average molecular weight is 430 g/mol. The predicted octanol–water partition coefficient (Wildman–Crippen LogP) is 4.30. The van der Waals surface area contributed by atoms with Gasteiger partial charge in [-0.1, -0.05) is 12.1 Å². The lowest BCUT2D eigenvalue weighted by Crippen LogP contribution is -2.17. The summed E-state index contributed by atoms with van der Waals surface area (Å²) in [6.45, 7) is 3.96. The van der Waals surface area contributed by atoms with E-state index in [0.29, 0.717) is 60.4 Å². The average Bonchev–Trinajstić information content (AvgIpc) is 3.29. The van der Waals surface area contributed by atoms with Gasteiger partial charge in [0, 0.05) is 22.5 Å². The van der Waals surface area contributed by atoms with Gasteiger partial charge in [-0.25, -0.2) is 0 Å². The van der Waals surface area contributed by atoms with Gasteiger partial charge in [0.15, 0.2) is 11.5 Å². The number of benzene rings is 3. The molecule has 0 saturated heterocycles. The van der Waals surface area contributed by atoms with Gasteiger partial charge in [-0.3, -0.25) is 9.59 Å². The molecule has 0 radical (unpaired) electrons. The van der Waals surface area contributed by atoms with Crippen LogP contribution in [-0.4, -0.2) is 25.0 Å². The molecule has 2 N–H and O–H groups in total. The number of aryl methyl sites for hydroxylation is 1. The van der Waals surface area contributed by atoms with Crippen molar-refractivity contribution in [1.29, 1.82) is 0 Å². The lowest BCUT2D eigenvalue weighted by molar-refractivity contribution is 0.101. The van der Waals surface area contributed by atoms with Crippen LogP contribution in [0.5, 0.6) is 11.5 Å². The Morgan fingerprint density at radius 1 is 0.750 bits per heavy atom. The van der Waals surface area contributed by atoms with E-state index in [1.807, 2.05) is 25.1 Å². The second kappa shape index (κ2) is 8.36. The maximum atomic E-state index is 12.8. The predicted molar refractivity (Wildman–Crippen MR) is 119 cm³/mol. The molecule has 0 saturated carbocycles. The normalized spacial score (nSPS) is 13.9. The van der Waals surface area contributed by atoms with E-state index < -0.39 is 0 Å². The quantitative estimate of drug-likeness (QED) is 0.645. The van der Waals surface area contributed by atoms with E-state index in [2.05, 4.69) is 10.6 Å². The molecule has 2 aliphatic heterocycles. The third-order valence-electron chi connectivity index (χ3n) is 5.53. The van der Waals surface area contributed by atoms with E-state index in [0.717, 1.165) is 16.7 Å². The van der Waals surface area contributed by atoms with Crippen molar-refractivity contribution in [2.24, 2.45) is 0 Å². The summed E-state index contributed by atoms with van der Waals surface area (Å²) < 4.78 is 16.5. The third-order valence-corrected chi connectivity index (χ3v) is 5.53. The Labute approximate surface area is 185 Å². The third kappa shape index (κ3) is 4.02. The molecule has 3 aromatic rings. The van der Waals surface area contributed by atoms with Crippen LogP contribution in [0.4, 0.5) is 11.4 Å². The van der Waals surface area contributed by atoms with Gasteiger partial charge < -0.3 is 24.8 Å². The topological polar surface area (TPSA) is 85.9 Å². The molecule has 0 aliphatic carbocycles. The minimum absolute atomic E-state index is 0.210. The van der Waals surface area contributed by atoms with Crippen LogP contribution >= 0.6 is 0 Å². The van der Waals surface area contributed by atoms with Crippen molar-refractivity contribution in [3.63, 3.8) is 0 Å². The summed E-state index contributed by atoms with van der Waals surface area (Å²) in [6.07, 6.45) is 0. The Bertz CT molecular complexity index is 1220. The Hall–Kier alpha value is -3.84. The number of carbonyl (C=O) groups excluding carboxylic acids is 2. The van der Waals surface area contributed by atoms with Crippen molar-refractivity contribution in [3.8, 4) is 11.5 Å². The Balaban J connectivity index is 1.31. The van der Waals surface area contributed by atoms with Crippen molar-refractivity contribution >= 4 is 23.2 Å². The number of fused-ring (bicyclic) bond motifs is 2. The first-order valence-electron chi connectivity index (χ1n) is 10.4. The summed E-state index contributed by atoms with van der Waals surface area (Å²) in [5, 5.41) is 5.82. The van der Waals surface area contributed by atoms with E-state index in [-0.39, 0.29) is 11.8 Å². The summed E-state index contributed by atoms with van der Waals surface area (Å²) >= 11 is 0. The standard InChI is InChI=1S/C25H22N2O5/c1-15-2-6-20(26-24(28)17-5-7-22-23(11-17)32-9-8-31-22)12-21(15)27-25(29)16-3-4-18-13-30-14-19(18)10-16/h2-7,10-12H,8-9,13-14H2,1H3,(H,26,28)(H,27,29). The molecule has 162 valence electrons. The van der Waals surface area contributed by atoms with Crippen LogP contribution < -0.4 is 20.1 Å². The molecule has 5 rings (SSSR count). The number of nitrogens with one attached hydrogen (secondary N) is 2. The lowest BCUT2D eigenvalue weighted by atomic mass is 10.1. The molecular weight excluding hydrogens is 408 g/mol. The van der Waals surface area contributed by atoms with Crippen LogP contribution in [0.25, 0.3) is 0 Å². The van der Waals surface area contributed by atoms with Crippen LogP contribution in [0.15, 0.2) is 54.6 Å². The molecule has 2 aliphatic rings. The van der Waals surface area contributed by atoms with Crippen molar-refractivity contribution in [1.82, 2.24) is 0 Å². The molecule has 0 aromatic heterocycles. The van der Waals surface area contributed by atoms with Gasteiger partial charge >= 0.3 is 0 Å². The Kier molecular flexibility index (Phi) is 5.25. The van der Waals surface area contributed by atoms with Crippen molar-refractivity contribution < 1.29 is 23.8 Å². The number of ether oxygens (including phenoxy) is 3. The highest BCUT2D eigenvalue weighted by Gasteiger charge is 2.17. The van der Waals surface area contributed by atoms with Crippen LogP contribution in [0.1, 0.15) is 37.4 Å². The second-order valence-electron chi connectivity index (χ2n) is 7.77. The summed E-state index contributed by atoms with van der Waals surface area (Å²) in [4.78, 5) is 25.5. The van der Waals surface area contributed by atoms with Gasteiger partial charge in [0.1, 0.15) is 13.2 Å². The smallest absolute Gasteiger partial charge is 0.255 e. The highest BCUT2D eigenvalue weighted by atomic mass is 16.6.